The van der Waals surface area contributed by atoms with Gasteiger partial charge in [-0.1, -0.05) is 34.6 Å². The van der Waals surface area contributed by atoms with E-state index in [0.717, 1.165) is 0 Å². The van der Waals surface area contributed by atoms with Crippen LogP contribution >= 0.6 is 12.4 Å². The van der Waals surface area contributed by atoms with Gasteiger partial charge in [0.25, 0.3) is 0 Å². The molecule has 1 saturated carbocycles. The van der Waals surface area contributed by atoms with Gasteiger partial charge in [0.2, 0.25) is 5.91 Å². The van der Waals surface area contributed by atoms with Crippen molar-refractivity contribution >= 4 is 24.3 Å². The van der Waals surface area contributed by atoms with E-state index in [2.05, 4.69) is 13.8 Å². The second-order valence-corrected chi connectivity index (χ2v) is 7.57. The number of carboxylic acid groups (broad SMARTS) is 1. The van der Waals surface area contributed by atoms with Gasteiger partial charge in [-0.25, -0.2) is 4.79 Å². The van der Waals surface area contributed by atoms with Crippen LogP contribution in [0.15, 0.2) is 0 Å². The third-order valence-electron chi connectivity index (χ3n) is 4.94. The van der Waals surface area contributed by atoms with Crippen LogP contribution in [0.4, 0.5) is 0 Å². The number of fused-ring (bicyclic) bond motifs is 1. The normalized spacial score (nSPS) is 32.1. The average Bonchev–Trinajstić information content (AvgIpc) is 2.65. The van der Waals surface area contributed by atoms with Crippen molar-refractivity contribution in [3.8, 4) is 0 Å². The Balaban J connectivity index is 0.00000200. The van der Waals surface area contributed by atoms with Gasteiger partial charge in [-0.3, -0.25) is 4.79 Å². The summed E-state index contributed by atoms with van der Waals surface area (Å²) in [5.41, 5.74) is 5.65. The van der Waals surface area contributed by atoms with E-state index in [9.17, 15) is 14.7 Å². The highest BCUT2D eigenvalue weighted by atomic mass is 35.5. The number of halogens is 1. The van der Waals surface area contributed by atoms with Gasteiger partial charge in [0, 0.05) is 12.5 Å². The highest BCUT2D eigenvalue weighted by Gasteiger charge is 2.69. The van der Waals surface area contributed by atoms with Crippen molar-refractivity contribution in [1.29, 1.82) is 0 Å². The Morgan fingerprint density at radius 3 is 2.25 bits per heavy atom. The van der Waals surface area contributed by atoms with Crippen LogP contribution in [0.5, 0.6) is 0 Å². The lowest BCUT2D eigenvalue weighted by Crippen LogP contribution is -2.55. The quantitative estimate of drug-likeness (QED) is 0.806. The molecule has 0 unspecified atom stereocenters. The van der Waals surface area contributed by atoms with Crippen LogP contribution in [0, 0.1) is 22.7 Å². The number of nitrogens with two attached hydrogens (primary N) is 1. The number of rotatable bonds is 2. The second-order valence-electron chi connectivity index (χ2n) is 7.57. The third kappa shape index (κ3) is 2.42. The molecule has 6 heteroatoms. The molecule has 0 aromatic heterocycles. The van der Waals surface area contributed by atoms with E-state index in [0.29, 0.717) is 12.5 Å². The number of piperidine rings is 1. The minimum atomic E-state index is -0.910. The van der Waals surface area contributed by atoms with Gasteiger partial charge in [-0.05, 0) is 16.7 Å². The van der Waals surface area contributed by atoms with Crippen molar-refractivity contribution < 1.29 is 14.7 Å². The zero-order valence-electron chi connectivity index (χ0n) is 12.7. The van der Waals surface area contributed by atoms with Crippen molar-refractivity contribution in [3.05, 3.63) is 0 Å². The molecule has 1 aliphatic heterocycles. The summed E-state index contributed by atoms with van der Waals surface area (Å²) in [6, 6.07) is -1.36. The maximum Gasteiger partial charge on any atom is 0.326 e. The molecule has 2 rings (SSSR count). The van der Waals surface area contributed by atoms with Gasteiger partial charge in [-0.2, -0.15) is 0 Å². The van der Waals surface area contributed by atoms with Gasteiger partial charge >= 0.3 is 5.97 Å². The highest BCUT2D eigenvalue weighted by molar-refractivity contribution is 5.89. The van der Waals surface area contributed by atoms with Crippen LogP contribution in [0.2, 0.25) is 0 Å². The molecule has 0 aromatic carbocycles. The first-order valence-electron chi connectivity index (χ1n) is 6.78. The van der Waals surface area contributed by atoms with Crippen LogP contribution in [0.3, 0.4) is 0 Å². The number of carbonyl (C=O) groups excluding carboxylic acids is 1. The average molecular weight is 305 g/mol. The number of aliphatic carboxylic acids is 1. The van der Waals surface area contributed by atoms with Crippen molar-refractivity contribution in [2.75, 3.05) is 6.54 Å². The summed E-state index contributed by atoms with van der Waals surface area (Å²) >= 11 is 0. The summed E-state index contributed by atoms with van der Waals surface area (Å²) in [7, 11) is 0. The number of hydrogen-bond acceptors (Lipinski definition) is 3. The van der Waals surface area contributed by atoms with Gasteiger partial charge in [0.05, 0.1) is 6.04 Å². The summed E-state index contributed by atoms with van der Waals surface area (Å²) in [6.45, 7) is 10.4. The predicted octanol–water partition coefficient (Wildman–Crippen LogP) is 1.35. The van der Waals surface area contributed by atoms with Crippen LogP contribution < -0.4 is 5.73 Å². The number of nitrogens with zero attached hydrogens (tertiary/aromatic N) is 1. The molecular formula is C14H25ClN2O3. The Kier molecular flexibility index (Phi) is 4.21. The van der Waals surface area contributed by atoms with Crippen molar-refractivity contribution in [2.24, 2.45) is 28.4 Å². The zero-order valence-corrected chi connectivity index (χ0v) is 13.5. The lowest BCUT2D eigenvalue weighted by Gasteiger charge is -2.34. The highest BCUT2D eigenvalue weighted by Crippen LogP contribution is 2.64. The van der Waals surface area contributed by atoms with Crippen molar-refractivity contribution in [3.63, 3.8) is 0 Å². The van der Waals surface area contributed by atoms with E-state index < -0.39 is 18.1 Å². The molecular weight excluding hydrogens is 280 g/mol. The lowest BCUT2D eigenvalue weighted by molar-refractivity contribution is -0.151. The molecule has 3 N–H and O–H groups in total. The van der Waals surface area contributed by atoms with E-state index in [1.165, 1.54) is 4.90 Å². The van der Waals surface area contributed by atoms with Crippen molar-refractivity contribution in [2.45, 2.75) is 46.7 Å². The van der Waals surface area contributed by atoms with E-state index >= 15 is 0 Å². The molecule has 2 aliphatic rings. The van der Waals surface area contributed by atoms with Gasteiger partial charge in [0.1, 0.15) is 6.04 Å². The van der Waals surface area contributed by atoms with Crippen LogP contribution in [0.1, 0.15) is 34.6 Å². The molecule has 4 atom stereocenters. The maximum absolute atomic E-state index is 12.4. The first-order chi connectivity index (χ1) is 8.49. The number of hydrogen-bond donors (Lipinski definition) is 2. The monoisotopic (exact) mass is 304 g/mol. The lowest BCUT2D eigenvalue weighted by atomic mass is 9.86. The third-order valence-corrected chi connectivity index (χ3v) is 4.94. The Labute approximate surface area is 126 Å². The van der Waals surface area contributed by atoms with E-state index in [4.69, 9.17) is 5.73 Å². The summed E-state index contributed by atoms with van der Waals surface area (Å²) < 4.78 is 0. The molecule has 2 fully saturated rings. The number of carbonyl (C=O) groups is 2. The summed E-state index contributed by atoms with van der Waals surface area (Å²) in [4.78, 5) is 25.4. The summed E-state index contributed by atoms with van der Waals surface area (Å²) in [6.07, 6.45) is 0. The standard InChI is InChI=1S/C14H24N2O3.ClH/c1-13(2,3)10(15)11(17)16-6-7-8(14(7,4)5)9(16)12(18)19;/h7-10H,6,15H2,1-5H3,(H,18,19);1H/t7-,8-,9-,10+;/m0./s1. The van der Waals surface area contributed by atoms with Crippen LogP contribution in [-0.2, 0) is 9.59 Å². The number of amides is 1. The Morgan fingerprint density at radius 1 is 1.35 bits per heavy atom. The Morgan fingerprint density at radius 2 is 1.85 bits per heavy atom. The molecule has 116 valence electrons. The van der Waals surface area contributed by atoms with Crippen molar-refractivity contribution in [1.82, 2.24) is 4.90 Å². The topological polar surface area (TPSA) is 83.6 Å². The fourth-order valence-corrected chi connectivity index (χ4v) is 3.34. The minimum Gasteiger partial charge on any atom is -0.480 e. The van der Waals surface area contributed by atoms with E-state index in [1.54, 1.807) is 0 Å². The minimum absolute atomic E-state index is 0. The SMILES string of the molecule is CC(C)(C)[C@H](N)C(=O)N1C[C@H]2[C@@H]([C@H]1C(=O)O)C2(C)C.Cl. The zero-order chi connectivity index (χ0) is 14.7. The summed E-state index contributed by atoms with van der Waals surface area (Å²) in [5.74, 6) is -0.777. The Bertz CT molecular complexity index is 431. The molecule has 1 amide bonds. The first kappa shape index (κ1) is 17.2. The smallest absolute Gasteiger partial charge is 0.326 e. The van der Waals surface area contributed by atoms with Gasteiger partial charge < -0.3 is 15.7 Å². The molecule has 20 heavy (non-hydrogen) atoms. The fourth-order valence-electron chi connectivity index (χ4n) is 3.34. The second kappa shape index (κ2) is 4.88. The molecule has 1 heterocycles. The van der Waals surface area contributed by atoms with E-state index in [-0.39, 0.29) is 35.1 Å². The Hall–Kier alpha value is -0.810. The molecule has 5 nitrogen and oxygen atoms in total. The van der Waals surface area contributed by atoms with Crippen LogP contribution in [-0.4, -0.2) is 40.5 Å². The number of carboxylic acids is 1. The molecule has 0 radical (unpaired) electrons. The number of likely N-dealkylation sites (tertiary alicyclic amines) is 1. The molecule has 0 bridgehead atoms. The molecule has 1 aliphatic carbocycles. The summed E-state index contributed by atoms with van der Waals surface area (Å²) in [5, 5.41) is 9.41. The van der Waals surface area contributed by atoms with Crippen LogP contribution in [0.25, 0.3) is 0 Å². The van der Waals surface area contributed by atoms with Gasteiger partial charge in [-0.15, -0.1) is 12.4 Å². The van der Waals surface area contributed by atoms with Gasteiger partial charge in [0.15, 0.2) is 0 Å². The molecule has 0 spiro atoms. The fraction of sp³-hybridized carbons (Fsp3) is 0.857. The first-order valence-corrected chi connectivity index (χ1v) is 6.78. The molecule has 1 saturated heterocycles. The predicted molar refractivity (Wildman–Crippen MR) is 78.6 cm³/mol. The maximum atomic E-state index is 12.4. The largest absolute Gasteiger partial charge is 0.480 e. The molecule has 0 aromatic rings. The van der Waals surface area contributed by atoms with E-state index in [1.807, 2.05) is 20.8 Å².